The molecule has 3 aromatic carbocycles. The molecule has 0 aliphatic rings. The summed E-state index contributed by atoms with van der Waals surface area (Å²) in [5.74, 6) is 0.769. The molecule has 1 amide bonds. The third-order valence-electron chi connectivity index (χ3n) is 5.63. The maximum atomic E-state index is 13.0. The number of benzene rings is 3. The highest BCUT2D eigenvalue weighted by Crippen LogP contribution is 2.38. The molecule has 0 saturated heterocycles. The largest absolute Gasteiger partial charge is 0.493 e. The van der Waals surface area contributed by atoms with Gasteiger partial charge >= 0.3 is 0 Å². The summed E-state index contributed by atoms with van der Waals surface area (Å²) in [7, 11) is 4.49. The van der Waals surface area contributed by atoms with Crippen molar-refractivity contribution in [3.05, 3.63) is 64.7 Å². The quantitative estimate of drug-likeness (QED) is 0.321. The summed E-state index contributed by atoms with van der Waals surface area (Å²) in [5.41, 5.74) is 4.09. The Hall–Kier alpha value is -3.78. The zero-order chi connectivity index (χ0) is 24.9. The van der Waals surface area contributed by atoms with Crippen molar-refractivity contribution in [1.29, 1.82) is 0 Å². The number of carbonyl (C=O) groups excluding carboxylic acids is 1. The van der Waals surface area contributed by atoms with Crippen LogP contribution in [0.2, 0.25) is 5.02 Å². The van der Waals surface area contributed by atoms with Crippen LogP contribution < -0.4 is 19.5 Å². The third kappa shape index (κ3) is 5.17. The zero-order valence-corrected chi connectivity index (χ0v) is 20.8. The van der Waals surface area contributed by atoms with Crippen LogP contribution in [0, 0.1) is 0 Å². The van der Waals surface area contributed by atoms with Crippen molar-refractivity contribution >= 4 is 34.2 Å². The van der Waals surface area contributed by atoms with E-state index in [0.717, 1.165) is 24.9 Å². The lowest BCUT2D eigenvalue weighted by atomic mass is 10.1. The minimum absolute atomic E-state index is 0.322. The maximum Gasteiger partial charge on any atom is 0.255 e. The van der Waals surface area contributed by atoms with Crippen LogP contribution in [-0.2, 0) is 6.42 Å². The highest BCUT2D eigenvalue weighted by molar-refractivity contribution is 6.34. The average Bonchev–Trinajstić information content (AvgIpc) is 3.29. The van der Waals surface area contributed by atoms with Crippen LogP contribution in [0.5, 0.6) is 17.2 Å². The van der Waals surface area contributed by atoms with Crippen LogP contribution in [0.4, 0.5) is 5.69 Å². The van der Waals surface area contributed by atoms with E-state index in [1.54, 1.807) is 29.1 Å². The number of fused-ring (bicyclic) bond motifs is 1. The summed E-state index contributed by atoms with van der Waals surface area (Å²) in [6, 6.07) is 14.7. The van der Waals surface area contributed by atoms with Crippen LogP contribution in [-0.4, -0.2) is 42.2 Å². The SMILES string of the molecule is CCCCc1ccc(-n2nc3cc(Cl)c(NC(=O)c4cc(OC)c(OC)c(OC)c4)cc3n2)cc1. The van der Waals surface area contributed by atoms with Crippen molar-refractivity contribution in [2.75, 3.05) is 26.6 Å². The number of halogens is 1. The van der Waals surface area contributed by atoms with Crippen molar-refractivity contribution in [2.24, 2.45) is 0 Å². The first kappa shape index (κ1) is 24.3. The number of ether oxygens (including phenoxy) is 3. The monoisotopic (exact) mass is 494 g/mol. The Morgan fingerprint density at radius 2 is 1.57 bits per heavy atom. The second-order valence-corrected chi connectivity index (χ2v) is 8.36. The van der Waals surface area contributed by atoms with Gasteiger partial charge < -0.3 is 19.5 Å². The van der Waals surface area contributed by atoms with E-state index in [0.29, 0.717) is 44.6 Å². The number of amides is 1. The predicted octanol–water partition coefficient (Wildman–Crippen LogP) is 5.69. The molecular weight excluding hydrogens is 468 g/mol. The molecule has 1 aromatic heterocycles. The number of unbranched alkanes of at least 4 members (excludes halogenated alkanes) is 1. The molecule has 0 unspecified atom stereocenters. The summed E-state index contributed by atoms with van der Waals surface area (Å²) < 4.78 is 16.0. The zero-order valence-electron chi connectivity index (χ0n) is 20.1. The van der Waals surface area contributed by atoms with Gasteiger partial charge in [0.15, 0.2) is 11.5 Å². The second kappa shape index (κ2) is 10.7. The van der Waals surface area contributed by atoms with E-state index >= 15 is 0 Å². The first-order chi connectivity index (χ1) is 17.0. The first-order valence-electron chi connectivity index (χ1n) is 11.2. The molecule has 182 valence electrons. The van der Waals surface area contributed by atoms with Gasteiger partial charge in [0.1, 0.15) is 11.0 Å². The highest BCUT2D eigenvalue weighted by Gasteiger charge is 2.18. The van der Waals surface area contributed by atoms with Gasteiger partial charge in [-0.05, 0) is 54.8 Å². The number of nitrogens with one attached hydrogen (secondary N) is 1. The molecule has 9 heteroatoms. The van der Waals surface area contributed by atoms with Gasteiger partial charge in [-0.1, -0.05) is 37.1 Å². The summed E-state index contributed by atoms with van der Waals surface area (Å²) in [6.07, 6.45) is 3.37. The van der Waals surface area contributed by atoms with E-state index in [4.69, 9.17) is 25.8 Å². The molecule has 4 aromatic rings. The van der Waals surface area contributed by atoms with Crippen LogP contribution in [0.25, 0.3) is 16.7 Å². The van der Waals surface area contributed by atoms with Crippen molar-refractivity contribution in [3.63, 3.8) is 0 Å². The number of rotatable bonds is 9. The van der Waals surface area contributed by atoms with Crippen molar-refractivity contribution in [2.45, 2.75) is 26.2 Å². The molecule has 0 saturated carbocycles. The Balaban J connectivity index is 1.60. The van der Waals surface area contributed by atoms with E-state index in [2.05, 4.69) is 34.6 Å². The Morgan fingerprint density at radius 1 is 0.943 bits per heavy atom. The van der Waals surface area contributed by atoms with E-state index < -0.39 is 0 Å². The number of aryl methyl sites for hydroxylation is 1. The molecule has 0 bridgehead atoms. The van der Waals surface area contributed by atoms with Gasteiger partial charge in [0, 0.05) is 5.56 Å². The molecule has 8 nitrogen and oxygen atoms in total. The fourth-order valence-electron chi connectivity index (χ4n) is 3.73. The minimum atomic E-state index is -0.388. The minimum Gasteiger partial charge on any atom is -0.493 e. The molecule has 1 heterocycles. The van der Waals surface area contributed by atoms with Crippen LogP contribution in [0.15, 0.2) is 48.5 Å². The normalized spacial score (nSPS) is 10.9. The van der Waals surface area contributed by atoms with Gasteiger partial charge in [0.25, 0.3) is 5.91 Å². The molecular formula is C26H27ClN4O4. The fraction of sp³-hybridized carbons (Fsp3) is 0.269. The maximum absolute atomic E-state index is 13.0. The first-order valence-corrected chi connectivity index (χ1v) is 11.6. The molecule has 0 radical (unpaired) electrons. The van der Waals surface area contributed by atoms with E-state index in [-0.39, 0.29) is 5.91 Å². The van der Waals surface area contributed by atoms with E-state index in [1.165, 1.54) is 26.9 Å². The van der Waals surface area contributed by atoms with Crippen molar-refractivity contribution < 1.29 is 19.0 Å². The van der Waals surface area contributed by atoms with Crippen LogP contribution >= 0.6 is 11.6 Å². The number of aromatic nitrogens is 3. The number of anilines is 1. The molecule has 0 aliphatic carbocycles. The lowest BCUT2D eigenvalue weighted by Gasteiger charge is -2.14. The van der Waals surface area contributed by atoms with Gasteiger partial charge in [-0.25, -0.2) is 0 Å². The lowest BCUT2D eigenvalue weighted by Crippen LogP contribution is -2.13. The Kier molecular flexibility index (Phi) is 7.41. The van der Waals surface area contributed by atoms with Gasteiger partial charge in [-0.15, -0.1) is 10.2 Å². The molecule has 0 atom stereocenters. The van der Waals surface area contributed by atoms with Crippen molar-refractivity contribution in [1.82, 2.24) is 15.0 Å². The predicted molar refractivity (Wildman–Crippen MR) is 137 cm³/mol. The number of methoxy groups -OCH3 is 3. The van der Waals surface area contributed by atoms with Gasteiger partial charge in [0.05, 0.1) is 37.7 Å². The van der Waals surface area contributed by atoms with E-state index in [9.17, 15) is 4.79 Å². The standard InChI is InChI=1S/C26H27ClN4O4/c1-5-6-7-16-8-10-18(11-9-16)31-29-21-14-19(27)20(15-22(21)30-31)28-26(32)17-12-23(33-2)25(35-4)24(13-17)34-3/h8-15H,5-7H2,1-4H3,(H,28,32). The van der Waals surface area contributed by atoms with Crippen LogP contribution in [0.3, 0.4) is 0 Å². The number of hydrogen-bond donors (Lipinski definition) is 1. The Bertz CT molecular complexity index is 1330. The summed E-state index contributed by atoms with van der Waals surface area (Å²) in [6.45, 7) is 2.18. The summed E-state index contributed by atoms with van der Waals surface area (Å²) >= 11 is 6.46. The number of nitrogens with zero attached hydrogens (tertiary/aromatic N) is 3. The lowest BCUT2D eigenvalue weighted by molar-refractivity contribution is 0.102. The van der Waals surface area contributed by atoms with E-state index in [1.807, 2.05) is 12.1 Å². The summed E-state index contributed by atoms with van der Waals surface area (Å²) in [5, 5.41) is 12.3. The highest BCUT2D eigenvalue weighted by atomic mass is 35.5. The molecule has 35 heavy (non-hydrogen) atoms. The third-order valence-corrected chi connectivity index (χ3v) is 5.94. The molecule has 0 fully saturated rings. The van der Waals surface area contributed by atoms with Gasteiger partial charge in [0.2, 0.25) is 5.75 Å². The Labute approximate surface area is 208 Å². The molecule has 0 spiro atoms. The van der Waals surface area contributed by atoms with Gasteiger partial charge in [-0.2, -0.15) is 4.80 Å². The molecule has 0 aliphatic heterocycles. The van der Waals surface area contributed by atoms with Gasteiger partial charge in [-0.3, -0.25) is 4.79 Å². The smallest absolute Gasteiger partial charge is 0.255 e. The summed E-state index contributed by atoms with van der Waals surface area (Å²) in [4.78, 5) is 14.6. The number of carbonyl (C=O) groups is 1. The second-order valence-electron chi connectivity index (χ2n) is 7.95. The van der Waals surface area contributed by atoms with Crippen molar-refractivity contribution in [3.8, 4) is 22.9 Å². The topological polar surface area (TPSA) is 87.5 Å². The fourth-order valence-corrected chi connectivity index (χ4v) is 3.94. The molecule has 4 rings (SSSR count). The molecule has 1 N–H and O–H groups in total. The number of hydrogen-bond acceptors (Lipinski definition) is 6. The average molecular weight is 495 g/mol. The van der Waals surface area contributed by atoms with Crippen LogP contribution in [0.1, 0.15) is 35.7 Å². The Morgan fingerprint density at radius 3 is 2.14 bits per heavy atom.